The Morgan fingerprint density at radius 1 is 1.50 bits per heavy atom. The SMILES string of the molecule is C=C(C)C(=O)NCC(OC)OC. The summed E-state index contributed by atoms with van der Waals surface area (Å²) in [5.74, 6) is -0.186. The van der Waals surface area contributed by atoms with E-state index in [2.05, 4.69) is 11.9 Å². The van der Waals surface area contributed by atoms with Gasteiger partial charge in [-0.2, -0.15) is 0 Å². The fourth-order valence-electron chi connectivity index (χ4n) is 0.590. The largest absolute Gasteiger partial charge is 0.354 e. The summed E-state index contributed by atoms with van der Waals surface area (Å²) < 4.78 is 9.73. The van der Waals surface area contributed by atoms with Crippen molar-refractivity contribution in [1.29, 1.82) is 0 Å². The lowest BCUT2D eigenvalue weighted by molar-refractivity contribution is -0.124. The summed E-state index contributed by atoms with van der Waals surface area (Å²) in [5.41, 5.74) is 0.473. The fraction of sp³-hybridized carbons (Fsp3) is 0.625. The zero-order valence-corrected chi connectivity index (χ0v) is 7.72. The molecule has 0 unspecified atom stereocenters. The molecule has 0 aliphatic heterocycles. The predicted octanol–water partition coefficient (Wildman–Crippen LogP) is 0.298. The molecule has 1 amide bonds. The molecule has 0 aliphatic rings. The molecule has 0 saturated heterocycles. The van der Waals surface area contributed by atoms with Gasteiger partial charge in [0.1, 0.15) is 0 Å². The van der Waals surface area contributed by atoms with Gasteiger partial charge >= 0.3 is 0 Å². The molecular formula is C8H15NO3. The second kappa shape index (κ2) is 5.74. The van der Waals surface area contributed by atoms with E-state index in [1.54, 1.807) is 6.92 Å². The number of hydrogen-bond donors (Lipinski definition) is 1. The van der Waals surface area contributed by atoms with E-state index in [1.165, 1.54) is 14.2 Å². The number of hydrogen-bond acceptors (Lipinski definition) is 3. The van der Waals surface area contributed by atoms with Crippen LogP contribution < -0.4 is 5.32 Å². The van der Waals surface area contributed by atoms with Crippen molar-refractivity contribution in [3.63, 3.8) is 0 Å². The van der Waals surface area contributed by atoms with Gasteiger partial charge in [0.2, 0.25) is 5.91 Å². The van der Waals surface area contributed by atoms with E-state index in [9.17, 15) is 4.79 Å². The summed E-state index contributed by atoms with van der Waals surface area (Å²) in [5, 5.41) is 2.60. The van der Waals surface area contributed by atoms with Crippen LogP contribution >= 0.6 is 0 Å². The normalized spacial score (nSPS) is 10.0. The molecule has 0 aromatic heterocycles. The zero-order valence-electron chi connectivity index (χ0n) is 7.72. The van der Waals surface area contributed by atoms with Gasteiger partial charge in [0.25, 0.3) is 0 Å². The van der Waals surface area contributed by atoms with E-state index in [1.807, 2.05) is 0 Å². The Balaban J connectivity index is 3.66. The number of carbonyl (C=O) groups excluding carboxylic acids is 1. The van der Waals surface area contributed by atoms with E-state index < -0.39 is 6.29 Å². The van der Waals surface area contributed by atoms with Gasteiger partial charge in [0.15, 0.2) is 6.29 Å². The lowest BCUT2D eigenvalue weighted by atomic mass is 10.3. The second-order valence-electron chi connectivity index (χ2n) is 2.39. The van der Waals surface area contributed by atoms with Crippen LogP contribution in [0.15, 0.2) is 12.2 Å². The van der Waals surface area contributed by atoms with Gasteiger partial charge in [-0.25, -0.2) is 0 Å². The van der Waals surface area contributed by atoms with Crippen molar-refractivity contribution in [3.8, 4) is 0 Å². The second-order valence-corrected chi connectivity index (χ2v) is 2.39. The molecule has 4 heteroatoms. The Morgan fingerprint density at radius 2 is 2.00 bits per heavy atom. The maximum absolute atomic E-state index is 11.0. The van der Waals surface area contributed by atoms with Crippen molar-refractivity contribution < 1.29 is 14.3 Å². The molecule has 1 N–H and O–H groups in total. The maximum Gasteiger partial charge on any atom is 0.246 e. The molecule has 12 heavy (non-hydrogen) atoms. The van der Waals surface area contributed by atoms with Crippen molar-refractivity contribution in [2.45, 2.75) is 13.2 Å². The van der Waals surface area contributed by atoms with Crippen LogP contribution in [0.3, 0.4) is 0 Å². The van der Waals surface area contributed by atoms with Crippen molar-refractivity contribution in [2.75, 3.05) is 20.8 Å². The molecular weight excluding hydrogens is 158 g/mol. The third-order valence-corrected chi connectivity index (χ3v) is 1.34. The molecule has 0 radical (unpaired) electrons. The molecule has 4 nitrogen and oxygen atoms in total. The highest BCUT2D eigenvalue weighted by atomic mass is 16.7. The van der Waals surface area contributed by atoms with E-state index >= 15 is 0 Å². The third kappa shape index (κ3) is 4.10. The number of rotatable bonds is 5. The molecule has 0 heterocycles. The molecule has 0 aliphatic carbocycles. The van der Waals surface area contributed by atoms with E-state index in [-0.39, 0.29) is 5.91 Å². The molecule has 0 bridgehead atoms. The molecule has 70 valence electrons. The minimum absolute atomic E-state index is 0.186. The molecule has 0 aromatic carbocycles. The molecule has 0 rings (SSSR count). The Morgan fingerprint density at radius 3 is 2.33 bits per heavy atom. The van der Waals surface area contributed by atoms with Crippen LogP contribution in [0.25, 0.3) is 0 Å². The monoisotopic (exact) mass is 173 g/mol. The minimum Gasteiger partial charge on any atom is -0.354 e. The fourth-order valence-corrected chi connectivity index (χ4v) is 0.590. The summed E-state index contributed by atoms with van der Waals surface area (Å²) in [7, 11) is 3.03. The van der Waals surface area contributed by atoms with Crippen LogP contribution in [0.2, 0.25) is 0 Å². The van der Waals surface area contributed by atoms with Crippen LogP contribution in [0.1, 0.15) is 6.92 Å². The highest BCUT2D eigenvalue weighted by Gasteiger charge is 2.07. The Bertz CT molecular complexity index is 164. The first kappa shape index (κ1) is 11.1. The number of amides is 1. The minimum atomic E-state index is -0.395. The smallest absolute Gasteiger partial charge is 0.246 e. The average Bonchev–Trinajstić information content (AvgIpc) is 2.05. The standard InChI is InChI=1S/C8H15NO3/c1-6(2)8(10)9-5-7(11-3)12-4/h7H,1,5H2,2-4H3,(H,9,10). The summed E-state index contributed by atoms with van der Waals surface area (Å²) in [6.07, 6.45) is -0.395. The highest BCUT2D eigenvalue weighted by Crippen LogP contribution is 1.90. The first-order valence-corrected chi connectivity index (χ1v) is 3.61. The van der Waals surface area contributed by atoms with Crippen LogP contribution in [0.4, 0.5) is 0 Å². The maximum atomic E-state index is 11.0. The summed E-state index contributed by atoms with van der Waals surface area (Å²) in [4.78, 5) is 11.0. The number of nitrogens with one attached hydrogen (secondary N) is 1. The Labute approximate surface area is 72.5 Å². The van der Waals surface area contributed by atoms with Crippen LogP contribution in [0.5, 0.6) is 0 Å². The van der Waals surface area contributed by atoms with Crippen LogP contribution in [0, 0.1) is 0 Å². The number of methoxy groups -OCH3 is 2. The van der Waals surface area contributed by atoms with Gasteiger partial charge in [0, 0.05) is 19.8 Å². The molecule has 0 atom stereocenters. The summed E-state index contributed by atoms with van der Waals surface area (Å²) in [6, 6.07) is 0. The Hall–Kier alpha value is -0.870. The lowest BCUT2D eigenvalue weighted by Gasteiger charge is -2.13. The third-order valence-electron chi connectivity index (χ3n) is 1.34. The van der Waals surface area contributed by atoms with Gasteiger partial charge in [0.05, 0.1) is 6.54 Å². The van der Waals surface area contributed by atoms with E-state index in [0.717, 1.165) is 0 Å². The quantitative estimate of drug-likeness (QED) is 0.480. The van der Waals surface area contributed by atoms with Gasteiger partial charge in [-0.05, 0) is 6.92 Å². The predicted molar refractivity (Wildman–Crippen MR) is 45.6 cm³/mol. The first-order chi connectivity index (χ1) is 5.61. The van der Waals surface area contributed by atoms with Crippen LogP contribution in [-0.4, -0.2) is 33.0 Å². The van der Waals surface area contributed by atoms with Crippen LogP contribution in [-0.2, 0) is 14.3 Å². The molecule has 0 aromatic rings. The van der Waals surface area contributed by atoms with Gasteiger partial charge in [-0.15, -0.1) is 0 Å². The zero-order chi connectivity index (χ0) is 9.56. The van der Waals surface area contributed by atoms with E-state index in [0.29, 0.717) is 12.1 Å². The number of carbonyl (C=O) groups is 1. The van der Waals surface area contributed by atoms with Crippen molar-refractivity contribution in [1.82, 2.24) is 5.32 Å². The summed E-state index contributed by atoms with van der Waals surface area (Å²) in [6.45, 7) is 5.47. The first-order valence-electron chi connectivity index (χ1n) is 3.61. The lowest BCUT2D eigenvalue weighted by Crippen LogP contribution is -2.34. The van der Waals surface area contributed by atoms with Gasteiger partial charge < -0.3 is 14.8 Å². The number of ether oxygens (including phenoxy) is 2. The highest BCUT2D eigenvalue weighted by molar-refractivity contribution is 5.92. The van der Waals surface area contributed by atoms with Gasteiger partial charge in [-0.1, -0.05) is 6.58 Å². The topological polar surface area (TPSA) is 47.6 Å². The molecule has 0 fully saturated rings. The van der Waals surface area contributed by atoms with E-state index in [4.69, 9.17) is 9.47 Å². The van der Waals surface area contributed by atoms with Crippen molar-refractivity contribution in [2.24, 2.45) is 0 Å². The molecule has 0 spiro atoms. The average molecular weight is 173 g/mol. The summed E-state index contributed by atoms with van der Waals surface area (Å²) >= 11 is 0. The molecule has 0 saturated carbocycles. The Kier molecular flexibility index (Phi) is 5.32. The van der Waals surface area contributed by atoms with Crippen molar-refractivity contribution >= 4 is 5.91 Å². The van der Waals surface area contributed by atoms with Crippen molar-refractivity contribution in [3.05, 3.63) is 12.2 Å². The van der Waals surface area contributed by atoms with Gasteiger partial charge in [-0.3, -0.25) is 4.79 Å².